The van der Waals surface area contributed by atoms with Crippen LogP contribution in [-0.4, -0.2) is 57.0 Å². The smallest absolute Gasteiger partial charge is 0.410 e. The van der Waals surface area contributed by atoms with Crippen molar-refractivity contribution in [2.24, 2.45) is 0 Å². The number of amides is 2. The van der Waals surface area contributed by atoms with Crippen molar-refractivity contribution in [1.29, 1.82) is 0 Å². The highest BCUT2D eigenvalue weighted by Gasteiger charge is 2.34. The van der Waals surface area contributed by atoms with Crippen molar-refractivity contribution in [3.05, 3.63) is 91.3 Å². The van der Waals surface area contributed by atoms with E-state index in [1.54, 1.807) is 27.7 Å². The fourth-order valence-corrected chi connectivity index (χ4v) is 6.49. The van der Waals surface area contributed by atoms with Crippen LogP contribution < -0.4 is 10.9 Å². The zero-order valence-electron chi connectivity index (χ0n) is 25.5. The molecule has 0 bridgehead atoms. The molecule has 1 aliphatic rings. The number of hydrogen-bond donors (Lipinski definition) is 2. The zero-order valence-corrected chi connectivity index (χ0v) is 26.3. The molecule has 5 rings (SSSR count). The van der Waals surface area contributed by atoms with Crippen LogP contribution in [0.4, 0.5) is 19.3 Å². The van der Waals surface area contributed by atoms with Crippen LogP contribution in [0, 0.1) is 32.4 Å². The first-order chi connectivity index (χ1) is 20.7. The number of thiophene rings is 1. The Morgan fingerprint density at radius 1 is 1.09 bits per heavy atom. The fourth-order valence-electron chi connectivity index (χ4n) is 5.39. The molecule has 9 nitrogen and oxygen atoms in total. The summed E-state index contributed by atoms with van der Waals surface area (Å²) in [6.45, 7) is 11.8. The van der Waals surface area contributed by atoms with Crippen LogP contribution in [0.15, 0.2) is 41.2 Å². The molecular formula is C32H35F2N5O4S. The molecule has 1 aliphatic heterocycles. The van der Waals surface area contributed by atoms with E-state index in [9.17, 15) is 23.2 Å². The van der Waals surface area contributed by atoms with E-state index in [1.165, 1.54) is 17.0 Å². The lowest BCUT2D eigenvalue weighted by molar-refractivity contribution is 0.00160. The van der Waals surface area contributed by atoms with E-state index in [0.717, 1.165) is 28.5 Å². The minimum absolute atomic E-state index is 0.116. The molecule has 3 heterocycles. The third-order valence-electron chi connectivity index (χ3n) is 7.45. The molecule has 1 unspecified atom stereocenters. The third kappa shape index (κ3) is 6.81. The van der Waals surface area contributed by atoms with Gasteiger partial charge in [-0.3, -0.25) is 14.5 Å². The Bertz CT molecular complexity index is 1790. The number of aryl methyl sites for hydroxylation is 3. The Balaban J connectivity index is 1.43. The molecular weight excluding hydrogens is 588 g/mol. The zero-order chi connectivity index (χ0) is 31.9. The second-order valence-electron chi connectivity index (χ2n) is 12.1. The van der Waals surface area contributed by atoms with Crippen molar-refractivity contribution in [3.8, 4) is 0 Å². The molecule has 44 heavy (non-hydrogen) atoms. The third-order valence-corrected chi connectivity index (χ3v) is 8.64. The van der Waals surface area contributed by atoms with Gasteiger partial charge >= 0.3 is 6.09 Å². The van der Waals surface area contributed by atoms with Gasteiger partial charge in [-0.1, -0.05) is 17.7 Å². The van der Waals surface area contributed by atoms with Crippen molar-refractivity contribution in [2.45, 2.75) is 59.7 Å². The normalized spacial score (nSPS) is 15.9. The van der Waals surface area contributed by atoms with Gasteiger partial charge in [0.15, 0.2) is 0 Å². The second kappa shape index (κ2) is 12.1. The fraction of sp³-hybridized carbons (Fsp3) is 0.375. The van der Waals surface area contributed by atoms with Crippen molar-refractivity contribution >= 4 is 39.2 Å². The maximum Gasteiger partial charge on any atom is 0.410 e. The number of carbonyl (C=O) groups is 2. The molecule has 1 saturated heterocycles. The van der Waals surface area contributed by atoms with Gasteiger partial charge in [0.2, 0.25) is 0 Å². The summed E-state index contributed by atoms with van der Waals surface area (Å²) >= 11 is 1.13. The van der Waals surface area contributed by atoms with Crippen molar-refractivity contribution in [1.82, 2.24) is 19.8 Å². The minimum atomic E-state index is -0.733. The Hall–Kier alpha value is -4.16. The molecule has 0 aliphatic carbocycles. The van der Waals surface area contributed by atoms with Gasteiger partial charge in [-0.25, -0.2) is 18.6 Å². The van der Waals surface area contributed by atoms with Crippen molar-refractivity contribution < 1.29 is 23.1 Å². The SMILES string of the molecule is Cc1ccc(NC(=O)c2sc3nc(CN4CCN(C(=O)OC(C)(C)C)CC4c4cc(F)cc(F)c4)[nH]c(=O)c3c2C)c(C)c1. The summed E-state index contributed by atoms with van der Waals surface area (Å²) < 4.78 is 34.1. The van der Waals surface area contributed by atoms with E-state index in [-0.39, 0.29) is 24.6 Å². The average Bonchev–Trinajstić information content (AvgIpc) is 3.25. The maximum absolute atomic E-state index is 14.3. The van der Waals surface area contributed by atoms with Crippen LogP contribution in [0.1, 0.15) is 64.6 Å². The van der Waals surface area contributed by atoms with Crippen molar-refractivity contribution in [2.75, 3.05) is 25.0 Å². The lowest BCUT2D eigenvalue weighted by atomic mass is 10.0. The van der Waals surface area contributed by atoms with Crippen LogP contribution in [-0.2, 0) is 11.3 Å². The first-order valence-electron chi connectivity index (χ1n) is 14.3. The minimum Gasteiger partial charge on any atom is -0.444 e. The van der Waals surface area contributed by atoms with Gasteiger partial charge in [0.1, 0.15) is 27.9 Å². The molecule has 2 N–H and O–H groups in total. The van der Waals surface area contributed by atoms with Gasteiger partial charge in [0, 0.05) is 31.4 Å². The predicted octanol–water partition coefficient (Wildman–Crippen LogP) is 6.23. The van der Waals surface area contributed by atoms with Crippen LogP contribution in [0.3, 0.4) is 0 Å². The number of piperazine rings is 1. The molecule has 0 saturated carbocycles. The summed E-state index contributed by atoms with van der Waals surface area (Å²) in [4.78, 5) is 51.1. The highest BCUT2D eigenvalue weighted by Crippen LogP contribution is 2.31. The van der Waals surface area contributed by atoms with Crippen LogP contribution in [0.2, 0.25) is 0 Å². The first kappa shape index (κ1) is 31.3. The predicted molar refractivity (Wildman–Crippen MR) is 166 cm³/mol. The molecule has 0 spiro atoms. The van der Waals surface area contributed by atoms with Gasteiger partial charge < -0.3 is 19.9 Å². The van der Waals surface area contributed by atoms with Crippen LogP contribution >= 0.6 is 11.3 Å². The van der Waals surface area contributed by atoms with E-state index >= 15 is 0 Å². The van der Waals surface area contributed by atoms with E-state index in [1.807, 2.05) is 36.9 Å². The average molecular weight is 624 g/mol. The Labute approximate surface area is 257 Å². The van der Waals surface area contributed by atoms with Gasteiger partial charge in [0.25, 0.3) is 11.5 Å². The van der Waals surface area contributed by atoms with Gasteiger partial charge in [-0.05, 0) is 76.4 Å². The second-order valence-corrected chi connectivity index (χ2v) is 13.1. The molecule has 4 aromatic rings. The lowest BCUT2D eigenvalue weighted by Gasteiger charge is -2.41. The largest absolute Gasteiger partial charge is 0.444 e. The number of carbonyl (C=O) groups excluding carboxylic acids is 2. The number of nitrogens with zero attached hydrogens (tertiary/aromatic N) is 3. The lowest BCUT2D eigenvalue weighted by Crippen LogP contribution is -2.51. The van der Waals surface area contributed by atoms with E-state index in [4.69, 9.17) is 4.74 Å². The molecule has 2 amide bonds. The van der Waals surface area contributed by atoms with Crippen LogP contribution in [0.25, 0.3) is 10.2 Å². The summed E-state index contributed by atoms with van der Waals surface area (Å²) in [5.74, 6) is -1.46. The summed E-state index contributed by atoms with van der Waals surface area (Å²) in [6, 6.07) is 8.40. The number of H-pyrrole nitrogens is 1. The molecule has 2 aromatic carbocycles. The number of anilines is 1. The van der Waals surface area contributed by atoms with E-state index < -0.39 is 29.4 Å². The molecule has 1 fully saturated rings. The summed E-state index contributed by atoms with van der Waals surface area (Å²) in [5.41, 5.74) is 2.48. The molecule has 0 radical (unpaired) electrons. The highest BCUT2D eigenvalue weighted by molar-refractivity contribution is 7.20. The molecule has 2 aromatic heterocycles. The monoisotopic (exact) mass is 623 g/mol. The number of aromatic amines is 1. The highest BCUT2D eigenvalue weighted by atomic mass is 32.1. The van der Waals surface area contributed by atoms with Gasteiger partial charge in [-0.15, -0.1) is 11.3 Å². The maximum atomic E-state index is 14.3. The van der Waals surface area contributed by atoms with Gasteiger partial charge in [-0.2, -0.15) is 0 Å². The van der Waals surface area contributed by atoms with Crippen LogP contribution in [0.5, 0.6) is 0 Å². The topological polar surface area (TPSA) is 108 Å². The Kier molecular flexibility index (Phi) is 8.59. The Morgan fingerprint density at radius 3 is 2.45 bits per heavy atom. The number of ether oxygens (including phenoxy) is 1. The number of hydrogen-bond acceptors (Lipinski definition) is 7. The van der Waals surface area contributed by atoms with E-state index in [2.05, 4.69) is 15.3 Å². The van der Waals surface area contributed by atoms with E-state index in [0.29, 0.717) is 50.8 Å². The molecule has 1 atom stereocenters. The Morgan fingerprint density at radius 2 is 1.80 bits per heavy atom. The molecule has 232 valence electrons. The number of benzene rings is 2. The number of rotatable bonds is 5. The molecule has 12 heteroatoms. The number of nitrogens with one attached hydrogen (secondary N) is 2. The summed E-state index contributed by atoms with van der Waals surface area (Å²) in [6.07, 6.45) is -0.521. The number of halogens is 2. The van der Waals surface area contributed by atoms with Crippen molar-refractivity contribution in [3.63, 3.8) is 0 Å². The standard InChI is InChI=1S/C32H35F2N5O4S/c1-17-7-8-23(18(2)11-17)35-29(41)27-19(3)26-28(40)36-25(37-30(26)44-27)16-38-9-10-39(31(42)43-32(4,5)6)15-24(38)20-12-21(33)14-22(34)13-20/h7-8,11-14,24H,9-10,15-16H2,1-6H3,(H,35,41)(H,36,37,40). The number of aromatic nitrogens is 2. The number of fused-ring (bicyclic) bond motifs is 1. The quantitative estimate of drug-likeness (QED) is 0.273. The summed E-state index contributed by atoms with van der Waals surface area (Å²) in [7, 11) is 0. The first-order valence-corrected chi connectivity index (χ1v) is 15.1. The van der Waals surface area contributed by atoms with Gasteiger partial charge in [0.05, 0.1) is 22.8 Å². The summed E-state index contributed by atoms with van der Waals surface area (Å²) in [5, 5.41) is 3.27.